The van der Waals surface area contributed by atoms with Crippen LogP contribution in [0.4, 0.5) is 0 Å². The smallest absolute Gasteiger partial charge is 0.192 e. The fraction of sp³-hybridized carbons (Fsp3) is 0.417. The van der Waals surface area contributed by atoms with Crippen molar-refractivity contribution in [2.75, 3.05) is 0 Å². The Hall–Kier alpha value is -1.40. The second kappa shape index (κ2) is 5.97. The van der Waals surface area contributed by atoms with E-state index in [0.717, 1.165) is 23.0 Å². The van der Waals surface area contributed by atoms with E-state index in [2.05, 4.69) is 28.1 Å². The molecular weight excluding hydrogens is 246 g/mol. The van der Waals surface area contributed by atoms with E-state index in [-0.39, 0.29) is 6.04 Å². The molecule has 0 aliphatic carbocycles. The number of hydrogen-bond donors (Lipinski definition) is 1. The van der Waals surface area contributed by atoms with Gasteiger partial charge in [-0.1, -0.05) is 13.0 Å². The summed E-state index contributed by atoms with van der Waals surface area (Å²) in [5.41, 5.74) is 7.09. The van der Waals surface area contributed by atoms with Crippen molar-refractivity contribution >= 4 is 11.8 Å². The Labute approximate surface area is 111 Å². The lowest BCUT2D eigenvalue weighted by atomic mass is 10.1. The van der Waals surface area contributed by atoms with Crippen LogP contribution in [0.3, 0.4) is 0 Å². The lowest BCUT2D eigenvalue weighted by Gasteiger charge is -2.08. The van der Waals surface area contributed by atoms with Crippen LogP contribution in [0, 0.1) is 0 Å². The molecule has 0 aromatic carbocycles. The molecule has 1 unspecified atom stereocenters. The number of aryl methyl sites for hydroxylation is 1. The van der Waals surface area contributed by atoms with Crippen molar-refractivity contribution in [1.29, 1.82) is 0 Å². The monoisotopic (exact) mass is 263 g/mol. The molecular formula is C12H17N5S. The van der Waals surface area contributed by atoms with Gasteiger partial charge in [0.25, 0.3) is 0 Å². The predicted molar refractivity (Wildman–Crippen MR) is 71.3 cm³/mol. The third-order valence-corrected chi connectivity index (χ3v) is 3.69. The van der Waals surface area contributed by atoms with Crippen LogP contribution in [0.1, 0.15) is 18.9 Å². The van der Waals surface area contributed by atoms with E-state index in [1.54, 1.807) is 4.68 Å². The van der Waals surface area contributed by atoms with Crippen LogP contribution in [-0.4, -0.2) is 25.8 Å². The third kappa shape index (κ3) is 3.30. The second-order valence-corrected chi connectivity index (χ2v) is 5.13. The van der Waals surface area contributed by atoms with E-state index in [9.17, 15) is 0 Å². The fourth-order valence-electron chi connectivity index (χ4n) is 1.51. The quantitative estimate of drug-likeness (QED) is 0.888. The Morgan fingerprint density at radius 3 is 2.78 bits per heavy atom. The zero-order chi connectivity index (χ0) is 13.0. The van der Waals surface area contributed by atoms with E-state index in [1.165, 1.54) is 23.7 Å². The Balaban J connectivity index is 2.02. The summed E-state index contributed by atoms with van der Waals surface area (Å²) in [5.74, 6) is 0. The molecule has 2 N–H and O–H groups in total. The molecule has 18 heavy (non-hydrogen) atoms. The van der Waals surface area contributed by atoms with E-state index in [0.29, 0.717) is 0 Å². The minimum atomic E-state index is 0.212. The van der Waals surface area contributed by atoms with Gasteiger partial charge in [-0.25, -0.2) is 14.6 Å². The molecule has 0 aliphatic heterocycles. The normalized spacial score (nSPS) is 12.6. The zero-order valence-electron chi connectivity index (χ0n) is 10.6. The van der Waals surface area contributed by atoms with Crippen LogP contribution >= 0.6 is 11.8 Å². The Kier molecular flexibility index (Phi) is 4.33. The minimum Gasteiger partial charge on any atom is -0.327 e. The Morgan fingerprint density at radius 1 is 1.39 bits per heavy atom. The molecule has 0 fully saturated rings. The highest BCUT2D eigenvalue weighted by molar-refractivity contribution is 7.99. The third-order valence-electron chi connectivity index (χ3n) is 2.69. The summed E-state index contributed by atoms with van der Waals surface area (Å²) in [6, 6.07) is 4.28. The van der Waals surface area contributed by atoms with E-state index in [4.69, 9.17) is 5.73 Å². The molecule has 2 aromatic heterocycles. The fourth-order valence-corrected chi connectivity index (χ4v) is 2.22. The van der Waals surface area contributed by atoms with Crippen molar-refractivity contribution in [2.24, 2.45) is 12.8 Å². The molecule has 0 aliphatic rings. The van der Waals surface area contributed by atoms with Gasteiger partial charge in [0.05, 0.1) is 0 Å². The van der Waals surface area contributed by atoms with Crippen molar-refractivity contribution in [3.63, 3.8) is 0 Å². The van der Waals surface area contributed by atoms with Crippen molar-refractivity contribution in [1.82, 2.24) is 19.7 Å². The van der Waals surface area contributed by atoms with Gasteiger partial charge in [0, 0.05) is 19.3 Å². The summed E-state index contributed by atoms with van der Waals surface area (Å²) >= 11 is 1.50. The molecule has 0 saturated carbocycles. The molecule has 5 nitrogen and oxygen atoms in total. The number of rotatable bonds is 5. The minimum absolute atomic E-state index is 0.212. The second-order valence-electron chi connectivity index (χ2n) is 4.15. The molecule has 96 valence electrons. The first kappa shape index (κ1) is 13.0. The summed E-state index contributed by atoms with van der Waals surface area (Å²) in [6.07, 6.45) is 5.28. The van der Waals surface area contributed by atoms with Crippen molar-refractivity contribution in [3.05, 3.63) is 30.2 Å². The highest BCUT2D eigenvalue weighted by Crippen LogP contribution is 2.23. The maximum absolute atomic E-state index is 5.92. The SMILES string of the molecule is CCC(N)Cc1ccc(Sc2ncnn2C)nc1. The summed E-state index contributed by atoms with van der Waals surface area (Å²) in [6.45, 7) is 2.09. The molecule has 0 amide bonds. The van der Waals surface area contributed by atoms with Crippen molar-refractivity contribution in [3.8, 4) is 0 Å². The van der Waals surface area contributed by atoms with Crippen LogP contribution < -0.4 is 5.73 Å². The maximum Gasteiger partial charge on any atom is 0.192 e. The van der Waals surface area contributed by atoms with E-state index >= 15 is 0 Å². The van der Waals surface area contributed by atoms with Gasteiger partial charge < -0.3 is 5.73 Å². The first-order chi connectivity index (χ1) is 8.69. The van der Waals surface area contributed by atoms with E-state index in [1.807, 2.05) is 19.3 Å². The molecule has 2 aromatic rings. The highest BCUT2D eigenvalue weighted by atomic mass is 32.2. The van der Waals surface area contributed by atoms with Crippen molar-refractivity contribution < 1.29 is 0 Å². The average molecular weight is 263 g/mol. The molecule has 0 bridgehead atoms. The summed E-state index contributed by atoms with van der Waals surface area (Å²) in [7, 11) is 1.87. The van der Waals surface area contributed by atoms with Crippen molar-refractivity contribution in [2.45, 2.75) is 36.0 Å². The number of pyridine rings is 1. The number of hydrogen-bond acceptors (Lipinski definition) is 5. The molecule has 2 heterocycles. The maximum atomic E-state index is 5.92. The number of nitrogens with zero attached hydrogens (tertiary/aromatic N) is 4. The Bertz CT molecular complexity index is 493. The predicted octanol–water partition coefficient (Wildman–Crippen LogP) is 1.64. The number of aromatic nitrogens is 4. The lowest BCUT2D eigenvalue weighted by molar-refractivity contribution is 0.644. The highest BCUT2D eigenvalue weighted by Gasteiger charge is 2.06. The molecule has 6 heteroatoms. The molecule has 0 radical (unpaired) electrons. The van der Waals surface area contributed by atoms with Gasteiger partial charge in [-0.2, -0.15) is 5.10 Å². The van der Waals surface area contributed by atoms with Gasteiger partial charge in [0.15, 0.2) is 5.16 Å². The van der Waals surface area contributed by atoms with Gasteiger partial charge in [-0.05, 0) is 36.2 Å². The lowest BCUT2D eigenvalue weighted by Crippen LogP contribution is -2.21. The van der Waals surface area contributed by atoms with E-state index < -0.39 is 0 Å². The van der Waals surface area contributed by atoms with Crippen LogP contribution in [0.2, 0.25) is 0 Å². The van der Waals surface area contributed by atoms with Gasteiger partial charge in [0.1, 0.15) is 11.4 Å². The zero-order valence-corrected chi connectivity index (χ0v) is 11.4. The van der Waals surface area contributed by atoms with Crippen LogP contribution in [0.25, 0.3) is 0 Å². The summed E-state index contributed by atoms with van der Waals surface area (Å²) < 4.78 is 1.73. The first-order valence-corrected chi connectivity index (χ1v) is 6.73. The van der Waals surface area contributed by atoms with Gasteiger partial charge >= 0.3 is 0 Å². The molecule has 2 rings (SSSR count). The van der Waals surface area contributed by atoms with Gasteiger partial charge in [-0.3, -0.25) is 0 Å². The number of nitrogens with two attached hydrogens (primary N) is 1. The van der Waals surface area contributed by atoms with Crippen LogP contribution in [-0.2, 0) is 13.5 Å². The van der Waals surface area contributed by atoms with Gasteiger partial charge in [0.2, 0.25) is 0 Å². The first-order valence-electron chi connectivity index (χ1n) is 5.91. The standard InChI is InChI=1S/C12H17N5S/c1-3-10(13)6-9-4-5-11(14-7-9)18-12-15-8-16-17(12)2/h4-5,7-8,10H,3,6,13H2,1-2H3. The molecule has 1 atom stereocenters. The summed E-state index contributed by atoms with van der Waals surface area (Å²) in [4.78, 5) is 8.56. The van der Waals surface area contributed by atoms with Gasteiger partial charge in [-0.15, -0.1) is 0 Å². The topological polar surface area (TPSA) is 69.6 Å². The van der Waals surface area contributed by atoms with Crippen LogP contribution in [0.15, 0.2) is 34.8 Å². The largest absolute Gasteiger partial charge is 0.327 e. The summed E-state index contributed by atoms with van der Waals surface area (Å²) in [5, 5.41) is 5.77. The molecule has 0 spiro atoms. The Morgan fingerprint density at radius 2 is 2.22 bits per heavy atom. The molecule has 0 saturated heterocycles. The van der Waals surface area contributed by atoms with Crippen LogP contribution in [0.5, 0.6) is 0 Å². The average Bonchev–Trinajstić information content (AvgIpc) is 2.77.